The van der Waals surface area contributed by atoms with Crippen LogP contribution in [0, 0.1) is 0 Å². The highest BCUT2D eigenvalue weighted by atomic mass is 79.9. The van der Waals surface area contributed by atoms with Gasteiger partial charge in [-0.1, -0.05) is 18.2 Å². The van der Waals surface area contributed by atoms with Crippen molar-refractivity contribution in [1.29, 1.82) is 0 Å². The number of rotatable bonds is 3. The largest absolute Gasteiger partial charge is 0.497 e. The standard InChI is InChI=1S/C13H12BrNO/c1-16-12-7-5-10(6-8-12)9-11-3-2-4-13(14)15-11/h2-8H,9H2,1H3. The summed E-state index contributed by atoms with van der Waals surface area (Å²) in [7, 11) is 1.67. The number of hydrogen-bond acceptors (Lipinski definition) is 2. The second kappa shape index (κ2) is 5.12. The van der Waals surface area contributed by atoms with Gasteiger partial charge in [0.05, 0.1) is 7.11 Å². The molecule has 3 heteroatoms. The second-order valence-corrected chi connectivity index (χ2v) is 4.29. The van der Waals surface area contributed by atoms with Gasteiger partial charge < -0.3 is 4.74 Å². The van der Waals surface area contributed by atoms with E-state index in [4.69, 9.17) is 4.74 Å². The van der Waals surface area contributed by atoms with Crippen molar-refractivity contribution in [3.8, 4) is 5.75 Å². The van der Waals surface area contributed by atoms with Crippen LogP contribution in [-0.4, -0.2) is 12.1 Å². The molecule has 0 saturated heterocycles. The van der Waals surface area contributed by atoms with Crippen molar-refractivity contribution >= 4 is 15.9 Å². The molecule has 0 aliphatic carbocycles. The summed E-state index contributed by atoms with van der Waals surface area (Å²) in [6.45, 7) is 0. The van der Waals surface area contributed by atoms with Gasteiger partial charge in [-0.15, -0.1) is 0 Å². The third kappa shape index (κ3) is 2.83. The Morgan fingerprint density at radius 2 is 1.88 bits per heavy atom. The van der Waals surface area contributed by atoms with E-state index < -0.39 is 0 Å². The van der Waals surface area contributed by atoms with E-state index in [0.29, 0.717) is 0 Å². The fourth-order valence-corrected chi connectivity index (χ4v) is 1.88. The maximum atomic E-state index is 5.12. The molecule has 0 saturated carbocycles. The van der Waals surface area contributed by atoms with Gasteiger partial charge in [0.25, 0.3) is 0 Å². The molecule has 0 radical (unpaired) electrons. The summed E-state index contributed by atoms with van der Waals surface area (Å²) >= 11 is 3.37. The van der Waals surface area contributed by atoms with Crippen LogP contribution in [0.2, 0.25) is 0 Å². The Labute approximate surface area is 103 Å². The highest BCUT2D eigenvalue weighted by molar-refractivity contribution is 9.10. The SMILES string of the molecule is COc1ccc(Cc2cccc(Br)n2)cc1. The minimum atomic E-state index is 0.837. The molecule has 0 fully saturated rings. The molecule has 0 atom stereocenters. The van der Waals surface area contributed by atoms with Crippen LogP contribution in [0.4, 0.5) is 0 Å². The minimum Gasteiger partial charge on any atom is -0.497 e. The number of ether oxygens (including phenoxy) is 1. The normalized spacial score (nSPS) is 10.1. The lowest BCUT2D eigenvalue weighted by atomic mass is 10.1. The molecule has 1 heterocycles. The predicted molar refractivity (Wildman–Crippen MR) is 67.7 cm³/mol. The first-order chi connectivity index (χ1) is 7.78. The molecular weight excluding hydrogens is 266 g/mol. The molecule has 0 bridgehead atoms. The van der Waals surface area contributed by atoms with E-state index in [9.17, 15) is 0 Å². The molecule has 0 aliphatic rings. The van der Waals surface area contributed by atoms with Crippen molar-refractivity contribution < 1.29 is 4.74 Å². The molecule has 82 valence electrons. The first-order valence-electron chi connectivity index (χ1n) is 5.02. The van der Waals surface area contributed by atoms with Crippen LogP contribution in [0.1, 0.15) is 11.3 Å². The molecule has 0 spiro atoms. The summed E-state index contributed by atoms with van der Waals surface area (Å²) in [5, 5.41) is 0. The highest BCUT2D eigenvalue weighted by Gasteiger charge is 1.99. The van der Waals surface area contributed by atoms with Crippen LogP contribution in [0.15, 0.2) is 47.1 Å². The number of aromatic nitrogens is 1. The summed E-state index contributed by atoms with van der Waals surface area (Å²) in [5.41, 5.74) is 2.28. The Bertz CT molecular complexity index is 468. The first-order valence-corrected chi connectivity index (χ1v) is 5.81. The van der Waals surface area contributed by atoms with E-state index in [1.807, 2.05) is 30.3 Å². The number of nitrogens with zero attached hydrogens (tertiary/aromatic N) is 1. The number of benzene rings is 1. The van der Waals surface area contributed by atoms with Crippen LogP contribution >= 0.6 is 15.9 Å². The molecule has 2 rings (SSSR count). The number of methoxy groups -OCH3 is 1. The van der Waals surface area contributed by atoms with Gasteiger partial charge in [0.2, 0.25) is 0 Å². The zero-order valence-electron chi connectivity index (χ0n) is 8.98. The van der Waals surface area contributed by atoms with E-state index >= 15 is 0 Å². The van der Waals surface area contributed by atoms with Crippen LogP contribution in [0.25, 0.3) is 0 Å². The third-order valence-corrected chi connectivity index (χ3v) is 2.76. The van der Waals surface area contributed by atoms with Gasteiger partial charge in [0.15, 0.2) is 0 Å². The molecule has 0 aliphatic heterocycles. The molecule has 0 N–H and O–H groups in total. The van der Waals surface area contributed by atoms with Crippen molar-refractivity contribution in [2.75, 3.05) is 7.11 Å². The van der Waals surface area contributed by atoms with Crippen molar-refractivity contribution in [2.45, 2.75) is 6.42 Å². The Kier molecular flexibility index (Phi) is 3.57. The Morgan fingerprint density at radius 3 is 2.50 bits per heavy atom. The van der Waals surface area contributed by atoms with E-state index in [0.717, 1.165) is 22.5 Å². The second-order valence-electron chi connectivity index (χ2n) is 3.48. The Hall–Kier alpha value is -1.35. The quantitative estimate of drug-likeness (QED) is 0.802. The van der Waals surface area contributed by atoms with Crippen molar-refractivity contribution in [3.63, 3.8) is 0 Å². The molecule has 1 aromatic carbocycles. The smallest absolute Gasteiger partial charge is 0.118 e. The first kappa shape index (κ1) is 11.1. The molecule has 16 heavy (non-hydrogen) atoms. The van der Waals surface area contributed by atoms with E-state index in [1.54, 1.807) is 7.11 Å². The number of pyridine rings is 1. The van der Waals surface area contributed by atoms with E-state index in [2.05, 4.69) is 33.0 Å². The van der Waals surface area contributed by atoms with Crippen molar-refractivity contribution in [3.05, 3.63) is 58.3 Å². The van der Waals surface area contributed by atoms with Crippen molar-refractivity contribution in [1.82, 2.24) is 4.98 Å². The average molecular weight is 278 g/mol. The van der Waals surface area contributed by atoms with Gasteiger partial charge in [0.1, 0.15) is 10.4 Å². The maximum Gasteiger partial charge on any atom is 0.118 e. The topological polar surface area (TPSA) is 22.1 Å². The minimum absolute atomic E-state index is 0.837. The van der Waals surface area contributed by atoms with E-state index in [-0.39, 0.29) is 0 Å². The summed E-state index contributed by atoms with van der Waals surface area (Å²) in [6.07, 6.45) is 0.837. The van der Waals surface area contributed by atoms with Gasteiger partial charge in [-0.05, 0) is 45.8 Å². The molecule has 2 aromatic rings. The highest BCUT2D eigenvalue weighted by Crippen LogP contribution is 2.15. The fraction of sp³-hybridized carbons (Fsp3) is 0.154. The van der Waals surface area contributed by atoms with Crippen LogP contribution in [0.5, 0.6) is 5.75 Å². The Morgan fingerprint density at radius 1 is 1.12 bits per heavy atom. The van der Waals surface area contributed by atoms with Crippen LogP contribution < -0.4 is 4.74 Å². The summed E-state index contributed by atoms with van der Waals surface area (Å²) < 4.78 is 5.99. The fourth-order valence-electron chi connectivity index (χ4n) is 1.50. The lowest BCUT2D eigenvalue weighted by Gasteiger charge is -2.03. The molecule has 0 unspecified atom stereocenters. The van der Waals surface area contributed by atoms with Gasteiger partial charge in [-0.25, -0.2) is 4.98 Å². The monoisotopic (exact) mass is 277 g/mol. The molecule has 0 amide bonds. The lowest BCUT2D eigenvalue weighted by Crippen LogP contribution is -1.92. The van der Waals surface area contributed by atoms with Crippen LogP contribution in [-0.2, 0) is 6.42 Å². The van der Waals surface area contributed by atoms with Gasteiger partial charge >= 0.3 is 0 Å². The third-order valence-electron chi connectivity index (χ3n) is 2.32. The van der Waals surface area contributed by atoms with E-state index in [1.165, 1.54) is 5.56 Å². The zero-order valence-corrected chi connectivity index (χ0v) is 10.6. The number of hydrogen-bond donors (Lipinski definition) is 0. The molecule has 2 nitrogen and oxygen atoms in total. The zero-order chi connectivity index (χ0) is 11.4. The van der Waals surface area contributed by atoms with Crippen LogP contribution in [0.3, 0.4) is 0 Å². The number of halogens is 1. The summed E-state index contributed by atoms with van der Waals surface area (Å²) in [5.74, 6) is 0.881. The van der Waals surface area contributed by atoms with Gasteiger partial charge in [-0.2, -0.15) is 0 Å². The van der Waals surface area contributed by atoms with Gasteiger partial charge in [0, 0.05) is 12.1 Å². The Balaban J connectivity index is 2.14. The lowest BCUT2D eigenvalue weighted by molar-refractivity contribution is 0.414. The summed E-state index contributed by atoms with van der Waals surface area (Å²) in [6, 6.07) is 14.0. The maximum absolute atomic E-state index is 5.12. The van der Waals surface area contributed by atoms with Gasteiger partial charge in [-0.3, -0.25) is 0 Å². The predicted octanol–water partition coefficient (Wildman–Crippen LogP) is 3.44. The molecular formula is C13H12BrNO. The molecule has 1 aromatic heterocycles. The van der Waals surface area contributed by atoms with Crippen molar-refractivity contribution in [2.24, 2.45) is 0 Å². The summed E-state index contributed by atoms with van der Waals surface area (Å²) in [4.78, 5) is 4.40. The average Bonchev–Trinajstić information content (AvgIpc) is 2.30.